The highest BCUT2D eigenvalue weighted by Crippen LogP contribution is 2.20. The van der Waals surface area contributed by atoms with Crippen LogP contribution in [0.4, 0.5) is 0 Å². The number of likely N-dealkylation sites (tertiary alicyclic amines) is 1. The van der Waals surface area contributed by atoms with Crippen molar-refractivity contribution in [2.75, 3.05) is 32.8 Å². The van der Waals surface area contributed by atoms with Gasteiger partial charge in [0.15, 0.2) is 5.96 Å². The molecule has 0 aromatic carbocycles. The Bertz CT molecular complexity index is 1330. The SMILES string of the molecule is CCNC(=O)[C@@H]1CCCN1C(=O)[C@H](CCCN=C(N)N)NC(=O)[C@H](CCC(N)=O)NC(=O)[C@H](CO)NC(=O)[C@H](CO)NC(=O)C(NC(C)=O)[C@@H](C)CC. The van der Waals surface area contributed by atoms with E-state index >= 15 is 0 Å². The van der Waals surface area contributed by atoms with E-state index in [-0.39, 0.29) is 56.6 Å². The quantitative estimate of drug-likeness (QED) is 0.0265. The minimum Gasteiger partial charge on any atom is -0.394 e. The fraction of sp³-hybridized carbons (Fsp3) is 0.719. The first-order valence-electron chi connectivity index (χ1n) is 17.6. The van der Waals surface area contributed by atoms with E-state index in [4.69, 9.17) is 17.2 Å². The minimum atomic E-state index is -1.71. The third-order valence-corrected chi connectivity index (χ3v) is 8.55. The van der Waals surface area contributed by atoms with Crippen LogP contribution in [0.15, 0.2) is 4.99 Å². The first kappa shape index (κ1) is 46.0. The monoisotopic (exact) mass is 755 g/mol. The molecule has 1 aliphatic heterocycles. The van der Waals surface area contributed by atoms with Gasteiger partial charge in [0.25, 0.3) is 0 Å². The molecule has 0 aromatic heterocycles. The average Bonchev–Trinajstić information content (AvgIpc) is 3.60. The van der Waals surface area contributed by atoms with Crippen LogP contribution in [0, 0.1) is 5.92 Å². The Morgan fingerprint density at radius 1 is 0.792 bits per heavy atom. The van der Waals surface area contributed by atoms with E-state index in [0.29, 0.717) is 25.8 Å². The van der Waals surface area contributed by atoms with Gasteiger partial charge in [0, 0.05) is 33.0 Å². The summed E-state index contributed by atoms with van der Waals surface area (Å²) in [6, 6.07) is -7.83. The van der Waals surface area contributed by atoms with Crippen molar-refractivity contribution in [3.63, 3.8) is 0 Å². The molecule has 8 amide bonds. The molecule has 21 nitrogen and oxygen atoms in total. The van der Waals surface area contributed by atoms with Gasteiger partial charge in [-0.2, -0.15) is 0 Å². The van der Waals surface area contributed by atoms with Gasteiger partial charge in [0.2, 0.25) is 47.3 Å². The van der Waals surface area contributed by atoms with Crippen LogP contribution in [-0.4, -0.2) is 137 Å². The van der Waals surface area contributed by atoms with Crippen LogP contribution in [0.5, 0.6) is 0 Å². The average molecular weight is 756 g/mol. The molecular formula is C32H57N11O10. The fourth-order valence-corrected chi connectivity index (χ4v) is 5.50. The lowest BCUT2D eigenvalue weighted by Crippen LogP contribution is -2.61. The number of hydrogen-bond donors (Lipinski definition) is 11. The number of carbonyl (C=O) groups excluding carboxylic acids is 8. The predicted octanol–water partition coefficient (Wildman–Crippen LogP) is -5.09. The lowest BCUT2D eigenvalue weighted by molar-refractivity contribution is -0.142. The normalized spacial score (nSPS) is 17.1. The van der Waals surface area contributed by atoms with Gasteiger partial charge in [-0.25, -0.2) is 0 Å². The van der Waals surface area contributed by atoms with Crippen molar-refractivity contribution in [3.8, 4) is 0 Å². The van der Waals surface area contributed by atoms with Crippen molar-refractivity contribution in [2.24, 2.45) is 28.1 Å². The van der Waals surface area contributed by atoms with Gasteiger partial charge in [-0.15, -0.1) is 0 Å². The number of aliphatic hydroxyl groups is 2. The van der Waals surface area contributed by atoms with Gasteiger partial charge in [0.05, 0.1) is 13.2 Å². The molecule has 0 aromatic rings. The van der Waals surface area contributed by atoms with Gasteiger partial charge in [0.1, 0.15) is 36.3 Å². The Kier molecular flexibility index (Phi) is 20.4. The van der Waals surface area contributed by atoms with Crippen molar-refractivity contribution in [1.29, 1.82) is 0 Å². The first-order chi connectivity index (χ1) is 25.0. The summed E-state index contributed by atoms with van der Waals surface area (Å²) in [5.41, 5.74) is 16.1. The van der Waals surface area contributed by atoms with Gasteiger partial charge in [-0.1, -0.05) is 20.3 Å². The van der Waals surface area contributed by atoms with Crippen LogP contribution in [0.2, 0.25) is 0 Å². The summed E-state index contributed by atoms with van der Waals surface area (Å²) < 4.78 is 0. The number of likely N-dealkylation sites (N-methyl/N-ethyl adjacent to an activating group) is 1. The van der Waals surface area contributed by atoms with E-state index in [1.165, 1.54) is 11.8 Å². The number of aliphatic hydroxyl groups excluding tert-OH is 2. The van der Waals surface area contributed by atoms with Crippen molar-refractivity contribution in [1.82, 2.24) is 36.8 Å². The highest BCUT2D eigenvalue weighted by Gasteiger charge is 2.38. The Hall–Kier alpha value is -5.05. The smallest absolute Gasteiger partial charge is 0.245 e. The topological polar surface area (TPSA) is 343 Å². The molecule has 21 heteroatoms. The molecule has 0 radical (unpaired) electrons. The highest BCUT2D eigenvalue weighted by molar-refractivity contribution is 5.97. The molecule has 0 saturated carbocycles. The van der Waals surface area contributed by atoms with Crippen LogP contribution in [0.25, 0.3) is 0 Å². The number of hydrogen-bond acceptors (Lipinski definition) is 11. The number of primary amides is 1. The number of carbonyl (C=O) groups is 8. The molecule has 1 fully saturated rings. The summed E-state index contributed by atoms with van der Waals surface area (Å²) in [6.45, 7) is 5.25. The Balaban J connectivity index is 3.21. The van der Waals surface area contributed by atoms with E-state index in [2.05, 4.69) is 36.9 Å². The maximum atomic E-state index is 13.8. The number of nitrogens with zero attached hydrogens (tertiary/aromatic N) is 2. The van der Waals surface area contributed by atoms with Crippen LogP contribution >= 0.6 is 0 Å². The molecule has 1 heterocycles. The second-order valence-electron chi connectivity index (χ2n) is 12.7. The molecule has 0 spiro atoms. The van der Waals surface area contributed by atoms with E-state index in [1.54, 1.807) is 20.8 Å². The first-order valence-corrected chi connectivity index (χ1v) is 17.6. The zero-order valence-corrected chi connectivity index (χ0v) is 30.8. The van der Waals surface area contributed by atoms with E-state index in [1.807, 2.05) is 0 Å². The van der Waals surface area contributed by atoms with Crippen molar-refractivity contribution in [2.45, 2.75) is 109 Å². The summed E-state index contributed by atoms with van der Waals surface area (Å²) in [4.78, 5) is 108. The Labute approximate surface area is 308 Å². The van der Waals surface area contributed by atoms with Crippen LogP contribution in [-0.2, 0) is 38.4 Å². The summed E-state index contributed by atoms with van der Waals surface area (Å²) in [5.74, 6) is -6.59. The third kappa shape index (κ3) is 15.6. The third-order valence-electron chi connectivity index (χ3n) is 8.55. The largest absolute Gasteiger partial charge is 0.394 e. The second-order valence-corrected chi connectivity index (χ2v) is 12.7. The molecular weight excluding hydrogens is 698 g/mol. The van der Waals surface area contributed by atoms with Crippen molar-refractivity contribution >= 4 is 53.2 Å². The lowest BCUT2D eigenvalue weighted by atomic mass is 9.98. The molecule has 53 heavy (non-hydrogen) atoms. The van der Waals surface area contributed by atoms with Gasteiger partial charge < -0.3 is 64.2 Å². The molecule has 0 bridgehead atoms. The zero-order valence-electron chi connectivity index (χ0n) is 30.8. The molecule has 1 saturated heterocycles. The summed E-state index contributed by atoms with van der Waals surface area (Å²) in [6.07, 6.45) is 0.987. The van der Waals surface area contributed by atoms with E-state index in [0.717, 1.165) is 0 Å². The predicted molar refractivity (Wildman–Crippen MR) is 191 cm³/mol. The van der Waals surface area contributed by atoms with Gasteiger partial charge in [-0.3, -0.25) is 43.3 Å². The zero-order chi connectivity index (χ0) is 40.2. The maximum Gasteiger partial charge on any atom is 0.245 e. The lowest BCUT2D eigenvalue weighted by Gasteiger charge is -2.30. The van der Waals surface area contributed by atoms with E-state index in [9.17, 15) is 48.6 Å². The molecule has 7 atom stereocenters. The van der Waals surface area contributed by atoms with Gasteiger partial charge >= 0.3 is 0 Å². The van der Waals surface area contributed by atoms with E-state index < -0.39 is 90.8 Å². The summed E-state index contributed by atoms with van der Waals surface area (Å²) >= 11 is 0. The number of aliphatic imine (C=N–C) groups is 1. The Morgan fingerprint density at radius 2 is 1.34 bits per heavy atom. The van der Waals surface area contributed by atoms with Crippen molar-refractivity contribution < 1.29 is 48.6 Å². The standard InChI is InChI=1S/C32H57N11O10/c1-5-17(3)25(38-18(4)46)30(52)42-22(16-45)28(50)41-21(15-44)27(49)39-19(11-12-24(33)47)26(48)40-20(9-7-13-37-32(34)35)31(53)43-14-8-10-23(43)29(51)36-6-2/h17,19-23,25,44-45H,5-16H2,1-4H3,(H2,33,47)(H,36,51)(H,38,46)(H,39,49)(H,40,48)(H,41,50)(H,42,52)(H4,34,35,37)/t17-,19-,20-,21-,22-,23-,25?/m0/s1. The van der Waals surface area contributed by atoms with Crippen LogP contribution in [0.3, 0.4) is 0 Å². The summed E-state index contributed by atoms with van der Waals surface area (Å²) in [7, 11) is 0. The molecule has 300 valence electrons. The molecule has 0 aliphatic carbocycles. The number of guanidine groups is 1. The van der Waals surface area contributed by atoms with Crippen molar-refractivity contribution in [3.05, 3.63) is 0 Å². The number of nitrogens with two attached hydrogens (primary N) is 3. The van der Waals surface area contributed by atoms with Gasteiger partial charge in [-0.05, 0) is 44.9 Å². The summed E-state index contributed by atoms with van der Waals surface area (Å²) in [5, 5.41) is 34.5. The highest BCUT2D eigenvalue weighted by atomic mass is 16.3. The molecule has 1 rings (SSSR count). The van der Waals surface area contributed by atoms with Crippen LogP contribution < -0.4 is 49.1 Å². The maximum absolute atomic E-state index is 13.8. The Morgan fingerprint density at radius 3 is 1.85 bits per heavy atom. The molecule has 1 unspecified atom stereocenters. The number of amides is 8. The molecule has 1 aliphatic rings. The fourth-order valence-electron chi connectivity index (χ4n) is 5.50. The minimum absolute atomic E-state index is 0.0277. The second kappa shape index (κ2) is 23.5. The van der Waals surface area contributed by atoms with Crippen LogP contribution in [0.1, 0.15) is 72.6 Å². The number of nitrogens with one attached hydrogen (secondary N) is 6. The molecule has 14 N–H and O–H groups in total. The number of rotatable bonds is 23.